The number of hydrogen-bond donors (Lipinski definition) is 3. The van der Waals surface area contributed by atoms with Crippen molar-refractivity contribution in [3.63, 3.8) is 0 Å². The molecule has 3 heterocycles. The van der Waals surface area contributed by atoms with E-state index < -0.39 is 80.7 Å². The molecule has 0 unspecified atom stereocenters. The first-order valence-electron chi connectivity index (χ1n) is 8.62. The highest BCUT2D eigenvalue weighted by atomic mass is 16.7. The molecule has 3 aromatic rings. The number of aromatic nitrogens is 6. The second kappa shape index (κ2) is 12.5. The third-order valence-corrected chi connectivity index (χ3v) is 3.52. The van der Waals surface area contributed by atoms with E-state index in [9.17, 15) is 70.8 Å². The van der Waals surface area contributed by atoms with Crippen molar-refractivity contribution in [1.82, 2.24) is 30.3 Å². The molecular weight excluding hydrogens is 570 g/mol. The van der Waals surface area contributed by atoms with Crippen molar-refractivity contribution in [3.05, 3.63) is 87.4 Å². The van der Waals surface area contributed by atoms with Crippen LogP contribution in [0.15, 0.2) is 11.3 Å². The minimum atomic E-state index is -1.17. The van der Waals surface area contributed by atoms with Crippen molar-refractivity contribution >= 4 is 46.2 Å². The van der Waals surface area contributed by atoms with E-state index in [0.29, 0.717) is 6.20 Å². The normalized spacial score (nSPS) is 9.50. The summed E-state index contributed by atoms with van der Waals surface area (Å²) in [6.07, 6.45) is 0.359. The lowest BCUT2D eigenvalue weighted by molar-refractivity contribution is -0.554. The molecule has 3 aromatic heterocycles. The first kappa shape index (κ1) is 30.6. The second-order valence-corrected chi connectivity index (χ2v) is 5.78. The molecule has 0 amide bonds. The Balaban J connectivity index is 0.000000301. The van der Waals surface area contributed by atoms with Gasteiger partial charge in [-0.2, -0.15) is 5.10 Å². The molecule has 40 heavy (non-hydrogen) atoms. The van der Waals surface area contributed by atoms with Crippen molar-refractivity contribution in [2.45, 2.75) is 0 Å². The van der Waals surface area contributed by atoms with Crippen LogP contribution < -0.4 is 5.73 Å². The molecule has 31 heteroatoms. The van der Waals surface area contributed by atoms with Crippen LogP contribution in [0.5, 0.6) is 0 Å². The van der Waals surface area contributed by atoms with Crippen molar-refractivity contribution < 1.29 is 34.6 Å². The summed E-state index contributed by atoms with van der Waals surface area (Å²) in [6.45, 7) is 0. The van der Waals surface area contributed by atoms with Gasteiger partial charge in [0.15, 0.2) is 6.20 Å². The lowest BCUT2D eigenvalue weighted by Crippen LogP contribution is -2.08. The van der Waals surface area contributed by atoms with Crippen LogP contribution in [-0.4, -0.2) is 64.9 Å². The van der Waals surface area contributed by atoms with E-state index in [1.165, 1.54) is 0 Å². The minimum absolute atomic E-state index is 0.0870. The van der Waals surface area contributed by atoms with Crippen LogP contribution in [-0.2, 0) is 0 Å². The molecule has 0 aromatic carbocycles. The highest BCUT2D eigenvalue weighted by Gasteiger charge is 2.34. The maximum absolute atomic E-state index is 10.3. The Kier molecular flexibility index (Phi) is 9.54. The molecule has 0 radical (unpaired) electrons. The fraction of sp³-hybridized carbons (Fsp3) is 0. The van der Waals surface area contributed by atoms with Gasteiger partial charge in [0.2, 0.25) is 5.82 Å². The van der Waals surface area contributed by atoms with Crippen molar-refractivity contribution in [1.29, 1.82) is 0 Å². The van der Waals surface area contributed by atoms with E-state index in [1.54, 1.807) is 0 Å². The van der Waals surface area contributed by atoms with Gasteiger partial charge in [-0.3, -0.25) is 30.3 Å². The van der Waals surface area contributed by atoms with Crippen molar-refractivity contribution in [3.8, 4) is 0 Å². The molecule has 0 saturated carbocycles. The number of nitrogens with one attached hydrogen (secondary N) is 2. The quantitative estimate of drug-likeness (QED) is 0.109. The van der Waals surface area contributed by atoms with Crippen LogP contribution >= 0.6 is 0 Å². The van der Waals surface area contributed by atoms with E-state index in [1.807, 2.05) is 10.2 Å². The van der Waals surface area contributed by atoms with Crippen LogP contribution in [0, 0.1) is 70.8 Å². The van der Waals surface area contributed by atoms with Gasteiger partial charge in [-0.1, -0.05) is 5.10 Å². The standard InChI is InChI=1S/C3HN7O4.C3HN5O6.C3H3N5O4/c4-8-6-2-1(9(11)12)3(7-5-2)10(13)14;9-6(10)2-1-5(8(13)14)4-3(2)7(11)12;4-2-1(7(9)10)3(6-5-2)8(11)12/h(H,5,7);1H;(H3,4,5,6). The molecule has 0 bridgehead atoms. The highest BCUT2D eigenvalue weighted by Crippen LogP contribution is 2.33. The van der Waals surface area contributed by atoms with Gasteiger partial charge in [0, 0.05) is 9.70 Å². The Morgan fingerprint density at radius 3 is 1.68 bits per heavy atom. The number of nitro groups is 7. The topological polar surface area (TPSA) is 452 Å². The molecule has 0 atom stereocenters. The van der Waals surface area contributed by atoms with Crippen LogP contribution in [0.3, 0.4) is 0 Å². The lowest BCUT2D eigenvalue weighted by Gasteiger charge is -1.88. The fourth-order valence-electron chi connectivity index (χ4n) is 2.06. The molecule has 4 N–H and O–H groups in total. The largest absolute Gasteiger partial charge is 0.472 e. The summed E-state index contributed by atoms with van der Waals surface area (Å²) in [4.78, 5) is 67.1. The summed E-state index contributed by atoms with van der Waals surface area (Å²) in [5.74, 6) is -4.04. The molecule has 0 aliphatic heterocycles. The predicted molar refractivity (Wildman–Crippen MR) is 115 cm³/mol. The van der Waals surface area contributed by atoms with Gasteiger partial charge in [-0.25, -0.2) is 0 Å². The fourth-order valence-corrected chi connectivity index (χ4v) is 2.06. The van der Waals surface area contributed by atoms with Crippen LogP contribution in [0.4, 0.5) is 46.2 Å². The summed E-state index contributed by atoms with van der Waals surface area (Å²) < 4.78 is 0. The Labute approximate surface area is 210 Å². The molecule has 0 fully saturated rings. The van der Waals surface area contributed by atoms with Crippen molar-refractivity contribution in [2.24, 2.45) is 5.11 Å². The maximum atomic E-state index is 10.3. The van der Waals surface area contributed by atoms with Crippen LogP contribution in [0.2, 0.25) is 0 Å². The highest BCUT2D eigenvalue weighted by molar-refractivity contribution is 5.62. The van der Waals surface area contributed by atoms with E-state index in [4.69, 9.17) is 11.3 Å². The molecule has 0 aliphatic carbocycles. The van der Waals surface area contributed by atoms with Gasteiger partial charge >= 0.3 is 34.5 Å². The average molecular weight is 575 g/mol. The number of H-pyrrole nitrogens is 2. The van der Waals surface area contributed by atoms with Crippen LogP contribution in [0.25, 0.3) is 10.4 Å². The third kappa shape index (κ3) is 7.04. The lowest BCUT2D eigenvalue weighted by atomic mass is 10.5. The Morgan fingerprint density at radius 2 is 1.32 bits per heavy atom. The summed E-state index contributed by atoms with van der Waals surface area (Å²) >= 11 is 0. The molecular formula is C9H5N17O14. The number of hydrogen-bond acceptors (Lipinski definition) is 19. The SMILES string of the molecule is Nc1n[nH]c([N+](=O)[O-])c1[N+](=O)[O-].O=[N+]([O-])c1cn([N+](=O)[O-])nc1[N+](=O)[O-].[N-]=[N+]=Nc1[nH]nc([N+](=O)[O-])c1[N+](=O)[O-]. The molecule has 210 valence electrons. The van der Waals surface area contributed by atoms with E-state index in [0.717, 1.165) is 0 Å². The zero-order chi connectivity index (χ0) is 30.9. The Bertz CT molecular complexity index is 1510. The Hall–Kier alpha value is -7.46. The molecule has 31 nitrogen and oxygen atoms in total. The zero-order valence-corrected chi connectivity index (χ0v) is 18.1. The van der Waals surface area contributed by atoms with Crippen LogP contribution in [0.1, 0.15) is 0 Å². The number of azide groups is 1. The maximum Gasteiger partial charge on any atom is 0.472 e. The van der Waals surface area contributed by atoms with Crippen molar-refractivity contribution in [2.75, 3.05) is 5.73 Å². The van der Waals surface area contributed by atoms with E-state index in [2.05, 4.69) is 25.3 Å². The van der Waals surface area contributed by atoms with Gasteiger partial charge in [0.05, 0.1) is 24.9 Å². The third-order valence-electron chi connectivity index (χ3n) is 3.52. The number of nitrogens with two attached hydrogens (primary N) is 1. The van der Waals surface area contributed by atoms with E-state index in [-0.39, 0.29) is 4.79 Å². The Morgan fingerprint density at radius 1 is 0.775 bits per heavy atom. The second-order valence-electron chi connectivity index (χ2n) is 5.78. The van der Waals surface area contributed by atoms with Gasteiger partial charge in [0.1, 0.15) is 5.10 Å². The molecule has 0 saturated heterocycles. The molecule has 0 aliphatic rings. The predicted octanol–water partition coefficient (Wildman–Crippen LogP) is 0.716. The minimum Gasteiger partial charge on any atom is -0.375 e. The number of aromatic amines is 2. The molecule has 0 spiro atoms. The van der Waals surface area contributed by atoms with E-state index >= 15 is 0 Å². The summed E-state index contributed by atoms with van der Waals surface area (Å²) in [5, 5.41) is 85.7. The van der Waals surface area contributed by atoms with Gasteiger partial charge in [-0.05, 0) is 25.4 Å². The average Bonchev–Trinajstić information content (AvgIpc) is 3.56. The first-order valence-corrected chi connectivity index (χ1v) is 8.62. The summed E-state index contributed by atoms with van der Waals surface area (Å²) in [7, 11) is 0. The zero-order valence-electron chi connectivity index (χ0n) is 18.1. The number of nitrogen functional groups attached to an aromatic ring is 1. The van der Waals surface area contributed by atoms with Gasteiger partial charge in [0.25, 0.3) is 5.82 Å². The first-order chi connectivity index (χ1) is 18.5. The van der Waals surface area contributed by atoms with Gasteiger partial charge in [-0.15, -0.1) is 5.10 Å². The summed E-state index contributed by atoms with van der Waals surface area (Å²) in [5.41, 5.74) is 10.2. The number of rotatable bonds is 8. The monoisotopic (exact) mass is 575 g/mol. The number of nitrogens with zero attached hydrogens (tertiary/aromatic N) is 14. The summed E-state index contributed by atoms with van der Waals surface area (Å²) in [6, 6.07) is 0. The van der Waals surface area contributed by atoms with Gasteiger partial charge < -0.3 is 46.2 Å². The molecule has 3 rings (SSSR count). The smallest absolute Gasteiger partial charge is 0.375 e. The number of anilines is 1.